The first-order valence-corrected chi connectivity index (χ1v) is 1.95. The highest BCUT2D eigenvalue weighted by atomic mass is 16.1. The van der Waals surface area contributed by atoms with Crippen LogP contribution in [0.3, 0.4) is 0 Å². The van der Waals surface area contributed by atoms with E-state index in [0.717, 1.165) is 0 Å². The summed E-state index contributed by atoms with van der Waals surface area (Å²) in [7, 11) is 0. The average Bonchev–Trinajstić information content (AvgIpc) is 1.69. The molecule has 0 amide bonds. The minimum atomic E-state index is 0.451. The maximum atomic E-state index is 9.49. The van der Waals surface area contributed by atoms with Gasteiger partial charge in [0.15, 0.2) is 0 Å². The van der Waals surface area contributed by atoms with Crippen LogP contribution in [0.2, 0.25) is 0 Å². The van der Waals surface area contributed by atoms with Gasteiger partial charge in [0.05, 0.1) is 0 Å². The van der Waals surface area contributed by atoms with Crippen LogP contribution >= 0.6 is 0 Å². The van der Waals surface area contributed by atoms with Gasteiger partial charge in [-0.2, -0.15) is 0 Å². The third kappa shape index (κ3) is 5.34. The first kappa shape index (κ1) is 6.34. The molecule has 0 aliphatic carbocycles. The lowest BCUT2D eigenvalue weighted by atomic mass is 10.3. The molecule has 0 atom stereocenters. The molecule has 0 saturated carbocycles. The third-order valence-electron chi connectivity index (χ3n) is 0.465. The van der Waals surface area contributed by atoms with Gasteiger partial charge >= 0.3 is 0 Å². The lowest BCUT2D eigenvalue weighted by Crippen LogP contribution is -1.79. The molecule has 0 aromatic carbocycles. The molecule has 0 saturated heterocycles. The van der Waals surface area contributed by atoms with E-state index in [4.69, 9.17) is 0 Å². The van der Waals surface area contributed by atoms with Crippen molar-refractivity contribution in [2.75, 3.05) is 0 Å². The van der Waals surface area contributed by atoms with Crippen molar-refractivity contribution < 1.29 is 9.59 Å². The zero-order valence-electron chi connectivity index (χ0n) is 3.83. The van der Waals surface area contributed by atoms with Crippen molar-refractivity contribution in [3.05, 3.63) is 12.8 Å². The molecule has 0 N–H and O–H groups in total. The van der Waals surface area contributed by atoms with Crippen LogP contribution in [-0.4, -0.2) is 12.6 Å². The second-order valence-electron chi connectivity index (χ2n) is 0.979. The third-order valence-corrected chi connectivity index (χ3v) is 0.465. The number of rotatable bonds is 4. The molecular formula is C5H6O2. The monoisotopic (exact) mass is 98.0 g/mol. The second-order valence-corrected chi connectivity index (χ2v) is 0.979. The van der Waals surface area contributed by atoms with Crippen LogP contribution in [-0.2, 0) is 9.59 Å². The van der Waals surface area contributed by atoms with Crippen LogP contribution in [0.1, 0.15) is 6.42 Å². The topological polar surface area (TPSA) is 34.1 Å². The fourth-order valence-electron chi connectivity index (χ4n) is 0.190. The smallest absolute Gasteiger partial charge is 0.123 e. The van der Waals surface area contributed by atoms with E-state index in [1.54, 1.807) is 0 Å². The molecular weight excluding hydrogens is 92.1 g/mol. The van der Waals surface area contributed by atoms with Crippen molar-refractivity contribution in [3.8, 4) is 0 Å². The molecule has 0 fully saturated rings. The van der Waals surface area contributed by atoms with Crippen molar-refractivity contribution in [3.63, 3.8) is 0 Å². The maximum Gasteiger partial charge on any atom is 0.123 e. The molecule has 0 aromatic heterocycles. The molecule has 38 valence electrons. The summed E-state index contributed by atoms with van der Waals surface area (Å²) in [4.78, 5) is 19.0. The summed E-state index contributed by atoms with van der Waals surface area (Å²) in [5.74, 6) is 0. The fourth-order valence-corrected chi connectivity index (χ4v) is 0.190. The summed E-state index contributed by atoms with van der Waals surface area (Å²) in [5, 5.41) is 0. The van der Waals surface area contributed by atoms with Crippen molar-refractivity contribution >= 4 is 12.6 Å². The lowest BCUT2D eigenvalue weighted by molar-refractivity contribution is -0.105. The largest absolute Gasteiger partial charge is 0.303 e. The SMILES string of the molecule is O=C[CH]C[CH]C=O. The Labute approximate surface area is 42.5 Å². The minimum absolute atomic E-state index is 0.451. The molecule has 7 heavy (non-hydrogen) atoms. The first-order valence-electron chi connectivity index (χ1n) is 1.95. The highest BCUT2D eigenvalue weighted by Crippen LogP contribution is 1.82. The zero-order chi connectivity index (χ0) is 5.54. The quantitative estimate of drug-likeness (QED) is 0.371. The molecule has 2 heteroatoms. The van der Waals surface area contributed by atoms with Crippen LogP contribution in [0.4, 0.5) is 0 Å². The van der Waals surface area contributed by atoms with E-state index < -0.39 is 0 Å². The molecule has 0 heterocycles. The number of aldehydes is 2. The Kier molecular flexibility index (Phi) is 4.84. The molecule has 0 aliphatic heterocycles. The van der Waals surface area contributed by atoms with Gasteiger partial charge in [-0.05, 0) is 6.42 Å². The van der Waals surface area contributed by atoms with Gasteiger partial charge in [0.25, 0.3) is 0 Å². The molecule has 0 unspecified atom stereocenters. The Hall–Kier alpha value is -0.660. The van der Waals surface area contributed by atoms with Gasteiger partial charge in [-0.1, -0.05) is 0 Å². The Morgan fingerprint density at radius 2 is 1.43 bits per heavy atom. The minimum Gasteiger partial charge on any atom is -0.303 e. The summed E-state index contributed by atoms with van der Waals surface area (Å²) in [6, 6.07) is 0. The van der Waals surface area contributed by atoms with Crippen molar-refractivity contribution in [2.45, 2.75) is 6.42 Å². The predicted molar refractivity (Wildman–Crippen MR) is 25.3 cm³/mol. The van der Waals surface area contributed by atoms with Crippen LogP contribution in [0.25, 0.3) is 0 Å². The maximum absolute atomic E-state index is 9.49. The highest BCUT2D eigenvalue weighted by molar-refractivity contribution is 5.66. The number of unbranched alkanes of at least 4 members (excludes halogenated alkanes) is 2. The Bertz CT molecular complexity index is 51.1. The molecule has 0 rings (SSSR count). The van der Waals surface area contributed by atoms with E-state index in [1.807, 2.05) is 0 Å². The van der Waals surface area contributed by atoms with Crippen LogP contribution < -0.4 is 0 Å². The summed E-state index contributed by atoms with van der Waals surface area (Å²) in [6.45, 7) is 0. The van der Waals surface area contributed by atoms with Crippen molar-refractivity contribution in [2.24, 2.45) is 0 Å². The van der Waals surface area contributed by atoms with Gasteiger partial charge in [0.1, 0.15) is 12.6 Å². The molecule has 0 aromatic rings. The van der Waals surface area contributed by atoms with Crippen LogP contribution in [0.5, 0.6) is 0 Å². The standard InChI is InChI=1S/C5H6O2/c6-4-2-1-3-5-7/h2-5H,1H2. The van der Waals surface area contributed by atoms with Crippen LogP contribution in [0, 0.1) is 12.8 Å². The molecule has 0 aliphatic rings. The van der Waals surface area contributed by atoms with Gasteiger partial charge in [-0.3, -0.25) is 0 Å². The normalized spacial score (nSPS) is 8.00. The zero-order valence-corrected chi connectivity index (χ0v) is 3.83. The molecule has 0 spiro atoms. The summed E-state index contributed by atoms with van der Waals surface area (Å²) >= 11 is 0. The Morgan fingerprint density at radius 3 is 1.71 bits per heavy atom. The van der Waals surface area contributed by atoms with E-state index in [2.05, 4.69) is 0 Å². The van der Waals surface area contributed by atoms with E-state index in [9.17, 15) is 9.59 Å². The molecule has 2 nitrogen and oxygen atoms in total. The van der Waals surface area contributed by atoms with E-state index in [-0.39, 0.29) is 0 Å². The van der Waals surface area contributed by atoms with Crippen LogP contribution in [0.15, 0.2) is 0 Å². The number of carbonyl (C=O) groups is 2. The van der Waals surface area contributed by atoms with E-state index >= 15 is 0 Å². The van der Waals surface area contributed by atoms with Gasteiger partial charge in [-0.25, -0.2) is 0 Å². The number of hydrogen-bond acceptors (Lipinski definition) is 2. The summed E-state index contributed by atoms with van der Waals surface area (Å²) in [5.41, 5.74) is 0. The van der Waals surface area contributed by atoms with E-state index in [1.165, 1.54) is 12.8 Å². The predicted octanol–water partition coefficient (Wildman–Crippen LogP) is 0.183. The van der Waals surface area contributed by atoms with Gasteiger partial charge in [-0.15, -0.1) is 0 Å². The fraction of sp³-hybridized carbons (Fsp3) is 0.200. The summed E-state index contributed by atoms with van der Waals surface area (Å²) < 4.78 is 0. The van der Waals surface area contributed by atoms with E-state index in [0.29, 0.717) is 19.0 Å². The first-order chi connectivity index (χ1) is 3.41. The second kappa shape index (κ2) is 5.34. The number of hydrogen-bond donors (Lipinski definition) is 0. The lowest BCUT2D eigenvalue weighted by Gasteiger charge is -1.77. The highest BCUT2D eigenvalue weighted by Gasteiger charge is 1.81. The Balaban J connectivity index is 2.68. The van der Waals surface area contributed by atoms with Crippen molar-refractivity contribution in [1.82, 2.24) is 0 Å². The summed E-state index contributed by atoms with van der Waals surface area (Å²) in [6.07, 6.45) is 4.52. The average molecular weight is 98.1 g/mol. The van der Waals surface area contributed by atoms with Gasteiger partial charge in [0.2, 0.25) is 0 Å². The molecule has 2 radical (unpaired) electrons. The van der Waals surface area contributed by atoms with Gasteiger partial charge in [0, 0.05) is 12.8 Å². The molecule has 0 bridgehead atoms. The van der Waals surface area contributed by atoms with Crippen molar-refractivity contribution in [1.29, 1.82) is 0 Å². The Morgan fingerprint density at radius 1 is 1.00 bits per heavy atom. The van der Waals surface area contributed by atoms with Gasteiger partial charge < -0.3 is 9.59 Å². The number of carbonyl (C=O) groups excluding carboxylic acids is 2.